The molecule has 5 rings (SSSR count). The van der Waals surface area contributed by atoms with E-state index < -0.39 is 0 Å². The highest BCUT2D eigenvalue weighted by Crippen LogP contribution is 2.35. The van der Waals surface area contributed by atoms with Gasteiger partial charge in [-0.05, 0) is 11.1 Å². The molecule has 2 unspecified atom stereocenters. The number of rotatable bonds is 4. The lowest BCUT2D eigenvalue weighted by atomic mass is 10.1. The van der Waals surface area contributed by atoms with Gasteiger partial charge in [-0.1, -0.05) is 84.9 Å². The van der Waals surface area contributed by atoms with Crippen LogP contribution in [0.15, 0.2) is 94.9 Å². The second kappa shape index (κ2) is 7.98. The molecule has 0 saturated heterocycles. The molecule has 138 valence electrons. The molecule has 0 amide bonds. The Morgan fingerprint density at radius 1 is 0.536 bits per heavy atom. The Balaban J connectivity index is 1.33. The first kappa shape index (κ1) is 17.8. The van der Waals surface area contributed by atoms with E-state index in [2.05, 4.69) is 84.9 Å². The van der Waals surface area contributed by atoms with Gasteiger partial charge in [0.2, 0.25) is 0 Å². The molecular weight excluding hydrogens is 380 g/mol. The van der Waals surface area contributed by atoms with Crippen LogP contribution in [0.5, 0.6) is 0 Å². The molecule has 3 aromatic rings. The third kappa shape index (κ3) is 3.67. The largest absolute Gasteiger partial charge is 0.269 e. The highest BCUT2D eigenvalue weighted by Gasteiger charge is 2.23. The lowest BCUT2D eigenvalue weighted by Crippen LogP contribution is -1.96. The minimum Gasteiger partial charge on any atom is -0.269 e. The fourth-order valence-corrected chi connectivity index (χ4v) is 5.69. The molecule has 0 bridgehead atoms. The second-order valence-electron chi connectivity index (χ2n) is 6.92. The number of hydrogen-bond acceptors (Lipinski definition) is 4. The quantitative estimate of drug-likeness (QED) is 0.524. The maximum atomic E-state index is 4.95. The molecule has 28 heavy (non-hydrogen) atoms. The molecule has 0 aromatic heterocycles. The highest BCUT2D eigenvalue weighted by molar-refractivity contribution is 8.15. The smallest absolute Gasteiger partial charge is 0.0985 e. The average Bonchev–Trinajstić information content (AvgIpc) is 3.46. The van der Waals surface area contributed by atoms with Crippen molar-refractivity contribution in [1.29, 1.82) is 0 Å². The van der Waals surface area contributed by atoms with Crippen molar-refractivity contribution >= 4 is 33.6 Å². The summed E-state index contributed by atoms with van der Waals surface area (Å²) in [7, 11) is 0. The normalized spacial score (nSPS) is 21.4. The highest BCUT2D eigenvalue weighted by atomic mass is 32.2. The van der Waals surface area contributed by atoms with Gasteiger partial charge in [0.25, 0.3) is 0 Å². The molecule has 0 fully saturated rings. The van der Waals surface area contributed by atoms with Gasteiger partial charge in [-0.25, -0.2) is 0 Å². The maximum absolute atomic E-state index is 4.95. The lowest BCUT2D eigenvalue weighted by molar-refractivity contribution is 0.849. The van der Waals surface area contributed by atoms with E-state index in [9.17, 15) is 0 Å². The first-order chi connectivity index (χ1) is 13.9. The van der Waals surface area contributed by atoms with Crippen LogP contribution in [0.4, 0.5) is 0 Å². The molecule has 2 heterocycles. The Labute approximate surface area is 174 Å². The first-order valence-electron chi connectivity index (χ1n) is 9.49. The topological polar surface area (TPSA) is 24.7 Å². The third-order valence-corrected chi connectivity index (χ3v) is 7.24. The van der Waals surface area contributed by atoms with Gasteiger partial charge in [0.1, 0.15) is 0 Å². The number of thioether (sulfide) groups is 2. The molecule has 4 heteroatoms. The predicted molar refractivity (Wildman–Crippen MR) is 123 cm³/mol. The summed E-state index contributed by atoms with van der Waals surface area (Å²) in [5.41, 5.74) is 5.00. The Morgan fingerprint density at radius 3 is 1.32 bits per heavy atom. The SMILES string of the molecule is c1ccc(C2CSC(c3ccc(C4=NC(c5ccccc5)CS4)cc3)=N2)cc1. The van der Waals surface area contributed by atoms with Crippen LogP contribution in [0.25, 0.3) is 0 Å². The third-order valence-electron chi connectivity index (χ3n) is 5.05. The average molecular weight is 401 g/mol. The van der Waals surface area contributed by atoms with Crippen molar-refractivity contribution < 1.29 is 0 Å². The van der Waals surface area contributed by atoms with Crippen LogP contribution in [0.1, 0.15) is 34.3 Å². The standard InChI is InChI=1S/C24H20N2S2/c1-3-7-17(8-4-1)21-15-27-23(25-21)19-11-13-20(14-12-19)24-26-22(16-28-24)18-9-5-2-6-10-18/h1-14,21-22H,15-16H2. The van der Waals surface area contributed by atoms with Gasteiger partial charge >= 0.3 is 0 Å². The summed E-state index contributed by atoms with van der Waals surface area (Å²) in [6.07, 6.45) is 0. The van der Waals surface area contributed by atoms with E-state index in [4.69, 9.17) is 9.98 Å². The molecule has 2 nitrogen and oxygen atoms in total. The van der Waals surface area contributed by atoms with Crippen molar-refractivity contribution in [3.8, 4) is 0 Å². The summed E-state index contributed by atoms with van der Waals surface area (Å²) in [6.45, 7) is 0. The zero-order valence-electron chi connectivity index (χ0n) is 15.4. The minimum atomic E-state index is 0.266. The van der Waals surface area contributed by atoms with E-state index in [0.29, 0.717) is 0 Å². The zero-order valence-corrected chi connectivity index (χ0v) is 17.0. The van der Waals surface area contributed by atoms with E-state index in [-0.39, 0.29) is 12.1 Å². The minimum absolute atomic E-state index is 0.266. The molecule has 0 saturated carbocycles. The number of benzene rings is 3. The van der Waals surface area contributed by atoms with Gasteiger partial charge in [-0.3, -0.25) is 9.98 Å². The van der Waals surface area contributed by atoms with Crippen LogP contribution >= 0.6 is 23.5 Å². The molecule has 0 N–H and O–H groups in total. The monoisotopic (exact) mass is 400 g/mol. The molecule has 3 aromatic carbocycles. The van der Waals surface area contributed by atoms with Gasteiger partial charge < -0.3 is 0 Å². The van der Waals surface area contributed by atoms with Crippen LogP contribution in [0.3, 0.4) is 0 Å². The van der Waals surface area contributed by atoms with Crippen LogP contribution in [0, 0.1) is 0 Å². The molecule has 2 aliphatic rings. The van der Waals surface area contributed by atoms with Crippen molar-refractivity contribution in [2.45, 2.75) is 12.1 Å². The van der Waals surface area contributed by atoms with E-state index in [1.165, 1.54) is 22.3 Å². The lowest BCUT2D eigenvalue weighted by Gasteiger charge is -2.05. The van der Waals surface area contributed by atoms with Crippen molar-refractivity contribution in [3.63, 3.8) is 0 Å². The fourth-order valence-electron chi connectivity index (χ4n) is 3.51. The molecule has 2 aliphatic heterocycles. The first-order valence-corrected chi connectivity index (χ1v) is 11.5. The summed E-state index contributed by atoms with van der Waals surface area (Å²) < 4.78 is 0. The number of aliphatic imine (C=N–C) groups is 2. The molecule has 2 atom stereocenters. The van der Waals surface area contributed by atoms with Gasteiger partial charge in [0.15, 0.2) is 0 Å². The van der Waals surface area contributed by atoms with Gasteiger partial charge in [-0.15, -0.1) is 23.5 Å². The fraction of sp³-hybridized carbons (Fsp3) is 0.167. The van der Waals surface area contributed by atoms with Crippen molar-refractivity contribution in [3.05, 3.63) is 107 Å². The van der Waals surface area contributed by atoms with E-state index in [0.717, 1.165) is 21.6 Å². The van der Waals surface area contributed by atoms with Gasteiger partial charge in [0.05, 0.1) is 22.2 Å². The van der Waals surface area contributed by atoms with Crippen molar-refractivity contribution in [1.82, 2.24) is 0 Å². The zero-order chi connectivity index (χ0) is 18.8. The van der Waals surface area contributed by atoms with Gasteiger partial charge in [0, 0.05) is 22.6 Å². The van der Waals surface area contributed by atoms with E-state index in [1.807, 2.05) is 23.5 Å². The second-order valence-corrected chi connectivity index (χ2v) is 8.94. The molecule has 0 radical (unpaired) electrons. The van der Waals surface area contributed by atoms with Gasteiger partial charge in [-0.2, -0.15) is 0 Å². The van der Waals surface area contributed by atoms with Crippen LogP contribution in [0.2, 0.25) is 0 Å². The predicted octanol–water partition coefficient (Wildman–Crippen LogP) is 6.16. The maximum Gasteiger partial charge on any atom is 0.0985 e. The molecule has 0 spiro atoms. The van der Waals surface area contributed by atoms with E-state index in [1.54, 1.807) is 0 Å². The number of hydrogen-bond donors (Lipinski definition) is 0. The van der Waals surface area contributed by atoms with Crippen molar-refractivity contribution in [2.75, 3.05) is 11.5 Å². The Morgan fingerprint density at radius 2 is 0.929 bits per heavy atom. The van der Waals surface area contributed by atoms with Crippen LogP contribution in [-0.4, -0.2) is 21.6 Å². The summed E-state index contributed by atoms with van der Waals surface area (Å²) in [5.74, 6) is 2.03. The molecular formula is C24H20N2S2. The van der Waals surface area contributed by atoms with Crippen LogP contribution in [-0.2, 0) is 0 Å². The Kier molecular flexibility index (Phi) is 5.06. The Bertz CT molecular complexity index is 927. The van der Waals surface area contributed by atoms with Crippen molar-refractivity contribution in [2.24, 2.45) is 9.98 Å². The summed E-state index contributed by atoms with van der Waals surface area (Å²) in [5, 5.41) is 2.28. The van der Waals surface area contributed by atoms with E-state index >= 15 is 0 Å². The summed E-state index contributed by atoms with van der Waals surface area (Å²) in [4.78, 5) is 9.90. The van der Waals surface area contributed by atoms with Crippen LogP contribution < -0.4 is 0 Å². The molecule has 0 aliphatic carbocycles. The summed E-state index contributed by atoms with van der Waals surface area (Å²) in [6, 6.07) is 30.4. The number of nitrogens with zero attached hydrogens (tertiary/aromatic N) is 2. The summed E-state index contributed by atoms with van der Waals surface area (Å²) >= 11 is 3.70. The Hall–Kier alpha value is -2.30.